The van der Waals surface area contributed by atoms with E-state index in [-0.39, 0.29) is 6.04 Å². The van der Waals surface area contributed by atoms with Gasteiger partial charge in [0.2, 0.25) is 0 Å². The lowest BCUT2D eigenvalue weighted by atomic mass is 9.83. The second-order valence-corrected chi connectivity index (χ2v) is 4.39. The van der Waals surface area contributed by atoms with E-state index in [1.54, 1.807) is 0 Å². The second-order valence-electron chi connectivity index (χ2n) is 4.39. The Bertz CT molecular complexity index is 179. The van der Waals surface area contributed by atoms with Crippen molar-refractivity contribution in [3.8, 4) is 0 Å². The summed E-state index contributed by atoms with van der Waals surface area (Å²) in [5, 5.41) is 3.30. The molecule has 0 aromatic rings. The molecular weight excluding hydrogens is 162 g/mol. The second kappa shape index (κ2) is 4.23. The summed E-state index contributed by atoms with van der Waals surface area (Å²) in [6, 6.07) is 0.211. The molecule has 13 heavy (non-hydrogen) atoms. The van der Waals surface area contributed by atoms with Crippen LogP contribution >= 0.6 is 0 Å². The molecule has 74 valence electrons. The predicted octanol–water partition coefficient (Wildman–Crippen LogP) is 1.89. The molecule has 2 fully saturated rings. The Balaban J connectivity index is 1.87. The summed E-state index contributed by atoms with van der Waals surface area (Å²) in [6.45, 7) is 1.04. The zero-order valence-corrected chi connectivity index (χ0v) is 8.22. The van der Waals surface area contributed by atoms with Crippen LogP contribution in [-0.2, 0) is 4.79 Å². The first-order chi connectivity index (χ1) is 6.38. The number of Topliss-reactive ketones (excluding diaryl/α,β-unsaturated/α-hetero) is 1. The minimum absolute atomic E-state index is 0.211. The lowest BCUT2D eigenvalue weighted by molar-refractivity contribution is -0.125. The van der Waals surface area contributed by atoms with Crippen LogP contribution in [0.15, 0.2) is 0 Å². The van der Waals surface area contributed by atoms with Crippen LogP contribution in [0.3, 0.4) is 0 Å². The molecule has 2 rings (SSSR count). The van der Waals surface area contributed by atoms with E-state index in [0.717, 1.165) is 25.8 Å². The summed E-state index contributed by atoms with van der Waals surface area (Å²) in [6.07, 6.45) is 8.43. The van der Waals surface area contributed by atoms with Gasteiger partial charge in [-0.2, -0.15) is 0 Å². The van der Waals surface area contributed by atoms with Crippen molar-refractivity contribution in [2.24, 2.45) is 5.92 Å². The standard InChI is InChI=1S/C11H19NO/c13-11(10-7-4-8-12-10)9-5-2-1-3-6-9/h9-10,12H,1-8H2/t10-/m0/s1. The first-order valence-electron chi connectivity index (χ1n) is 5.65. The molecule has 1 saturated carbocycles. The van der Waals surface area contributed by atoms with E-state index < -0.39 is 0 Å². The number of carbonyl (C=O) groups is 1. The van der Waals surface area contributed by atoms with Crippen LogP contribution in [0.4, 0.5) is 0 Å². The van der Waals surface area contributed by atoms with E-state index in [1.165, 1.54) is 25.7 Å². The first-order valence-corrected chi connectivity index (χ1v) is 5.65. The quantitative estimate of drug-likeness (QED) is 0.705. The summed E-state index contributed by atoms with van der Waals surface area (Å²) in [5.41, 5.74) is 0. The van der Waals surface area contributed by atoms with Crippen LogP contribution in [0.5, 0.6) is 0 Å². The topological polar surface area (TPSA) is 29.1 Å². The molecule has 0 spiro atoms. The van der Waals surface area contributed by atoms with E-state index in [9.17, 15) is 4.79 Å². The Morgan fingerprint density at radius 2 is 1.77 bits per heavy atom. The van der Waals surface area contributed by atoms with Gasteiger partial charge in [0, 0.05) is 5.92 Å². The molecule has 0 radical (unpaired) electrons. The normalized spacial score (nSPS) is 30.6. The highest BCUT2D eigenvalue weighted by atomic mass is 16.1. The minimum atomic E-state index is 0.211. The fourth-order valence-corrected chi connectivity index (χ4v) is 2.60. The van der Waals surface area contributed by atoms with Crippen molar-refractivity contribution in [3.05, 3.63) is 0 Å². The molecule has 2 heteroatoms. The average molecular weight is 181 g/mol. The number of nitrogens with one attached hydrogen (secondary N) is 1. The molecule has 1 atom stereocenters. The SMILES string of the molecule is O=C(C1CCCCC1)[C@@H]1CCCN1. The Morgan fingerprint density at radius 3 is 2.38 bits per heavy atom. The fraction of sp³-hybridized carbons (Fsp3) is 0.909. The largest absolute Gasteiger partial charge is 0.307 e. The summed E-state index contributed by atoms with van der Waals surface area (Å²) >= 11 is 0. The zero-order chi connectivity index (χ0) is 9.10. The summed E-state index contributed by atoms with van der Waals surface area (Å²) in [7, 11) is 0. The van der Waals surface area contributed by atoms with Crippen LogP contribution in [0.1, 0.15) is 44.9 Å². The Kier molecular flexibility index (Phi) is 2.99. The fourth-order valence-electron chi connectivity index (χ4n) is 2.60. The van der Waals surface area contributed by atoms with Crippen LogP contribution < -0.4 is 5.32 Å². The lowest BCUT2D eigenvalue weighted by Gasteiger charge is -2.23. The van der Waals surface area contributed by atoms with E-state index in [2.05, 4.69) is 5.32 Å². The summed E-state index contributed by atoms with van der Waals surface area (Å²) < 4.78 is 0. The Morgan fingerprint density at radius 1 is 1.00 bits per heavy atom. The molecule has 0 aromatic carbocycles. The zero-order valence-electron chi connectivity index (χ0n) is 8.22. The monoisotopic (exact) mass is 181 g/mol. The third kappa shape index (κ3) is 2.11. The molecule has 0 bridgehead atoms. The molecule has 1 aliphatic carbocycles. The number of carbonyl (C=O) groups excluding carboxylic acids is 1. The molecule has 0 aromatic heterocycles. The molecule has 0 unspecified atom stereocenters. The Labute approximate surface area is 80.1 Å². The molecule has 1 N–H and O–H groups in total. The maximum Gasteiger partial charge on any atom is 0.152 e. The molecule has 1 saturated heterocycles. The van der Waals surface area contributed by atoms with Crippen molar-refractivity contribution in [3.63, 3.8) is 0 Å². The van der Waals surface area contributed by atoms with Crippen molar-refractivity contribution >= 4 is 5.78 Å². The lowest BCUT2D eigenvalue weighted by Crippen LogP contribution is -2.36. The first kappa shape index (κ1) is 9.20. The van der Waals surface area contributed by atoms with Gasteiger partial charge in [-0.3, -0.25) is 4.79 Å². The van der Waals surface area contributed by atoms with Gasteiger partial charge in [0.25, 0.3) is 0 Å². The predicted molar refractivity (Wildman–Crippen MR) is 52.6 cm³/mol. The van der Waals surface area contributed by atoms with Crippen LogP contribution in [0, 0.1) is 5.92 Å². The Hall–Kier alpha value is -0.370. The van der Waals surface area contributed by atoms with E-state index in [1.807, 2.05) is 0 Å². The molecule has 1 heterocycles. The van der Waals surface area contributed by atoms with Gasteiger partial charge >= 0.3 is 0 Å². The van der Waals surface area contributed by atoms with Crippen molar-refractivity contribution < 1.29 is 4.79 Å². The van der Waals surface area contributed by atoms with Gasteiger partial charge in [-0.25, -0.2) is 0 Å². The maximum atomic E-state index is 11.9. The van der Waals surface area contributed by atoms with Gasteiger partial charge in [-0.1, -0.05) is 19.3 Å². The van der Waals surface area contributed by atoms with Gasteiger partial charge < -0.3 is 5.32 Å². The molecule has 2 aliphatic rings. The molecule has 1 aliphatic heterocycles. The molecular formula is C11H19NO. The van der Waals surface area contributed by atoms with Gasteiger partial charge in [0.1, 0.15) is 0 Å². The van der Waals surface area contributed by atoms with E-state index in [0.29, 0.717) is 11.7 Å². The molecule has 2 nitrogen and oxygen atoms in total. The van der Waals surface area contributed by atoms with Crippen LogP contribution in [-0.4, -0.2) is 18.4 Å². The number of hydrogen-bond donors (Lipinski definition) is 1. The number of rotatable bonds is 2. The third-order valence-corrected chi connectivity index (χ3v) is 3.41. The highest BCUT2D eigenvalue weighted by Gasteiger charge is 2.29. The van der Waals surface area contributed by atoms with Crippen molar-refractivity contribution in [2.75, 3.05) is 6.54 Å². The van der Waals surface area contributed by atoms with Crippen molar-refractivity contribution in [2.45, 2.75) is 51.0 Å². The van der Waals surface area contributed by atoms with Crippen LogP contribution in [0.2, 0.25) is 0 Å². The van der Waals surface area contributed by atoms with Crippen molar-refractivity contribution in [1.82, 2.24) is 5.32 Å². The van der Waals surface area contributed by atoms with Gasteiger partial charge in [-0.15, -0.1) is 0 Å². The summed E-state index contributed by atoms with van der Waals surface area (Å²) in [4.78, 5) is 11.9. The van der Waals surface area contributed by atoms with Gasteiger partial charge in [-0.05, 0) is 32.2 Å². The van der Waals surface area contributed by atoms with E-state index >= 15 is 0 Å². The van der Waals surface area contributed by atoms with Gasteiger partial charge in [0.15, 0.2) is 5.78 Å². The highest BCUT2D eigenvalue weighted by molar-refractivity contribution is 5.86. The average Bonchev–Trinajstić information content (AvgIpc) is 2.71. The highest BCUT2D eigenvalue weighted by Crippen LogP contribution is 2.26. The smallest absolute Gasteiger partial charge is 0.152 e. The number of hydrogen-bond acceptors (Lipinski definition) is 2. The van der Waals surface area contributed by atoms with E-state index in [4.69, 9.17) is 0 Å². The molecule has 0 amide bonds. The van der Waals surface area contributed by atoms with Gasteiger partial charge in [0.05, 0.1) is 6.04 Å². The van der Waals surface area contributed by atoms with Crippen LogP contribution in [0.25, 0.3) is 0 Å². The number of ketones is 1. The maximum absolute atomic E-state index is 11.9. The minimum Gasteiger partial charge on any atom is -0.307 e. The summed E-state index contributed by atoms with van der Waals surface area (Å²) in [5.74, 6) is 0.904. The third-order valence-electron chi connectivity index (χ3n) is 3.41. The van der Waals surface area contributed by atoms with Crippen molar-refractivity contribution in [1.29, 1.82) is 0 Å².